The van der Waals surface area contributed by atoms with Crippen LogP contribution in [0.15, 0.2) is 60.4 Å². The number of benzene rings is 1. The van der Waals surface area contributed by atoms with Gasteiger partial charge >= 0.3 is 5.97 Å². The van der Waals surface area contributed by atoms with E-state index in [0.717, 1.165) is 46.0 Å². The van der Waals surface area contributed by atoms with Gasteiger partial charge in [0.1, 0.15) is 16.6 Å². The lowest BCUT2D eigenvalue weighted by Crippen LogP contribution is -2.08. The van der Waals surface area contributed by atoms with Crippen molar-refractivity contribution in [2.75, 3.05) is 18.5 Å². The zero-order valence-corrected chi connectivity index (χ0v) is 17.1. The van der Waals surface area contributed by atoms with Gasteiger partial charge in [0.05, 0.1) is 13.0 Å². The molecule has 154 valence electrons. The van der Waals surface area contributed by atoms with Crippen molar-refractivity contribution in [2.24, 2.45) is 0 Å². The van der Waals surface area contributed by atoms with Crippen molar-refractivity contribution >= 4 is 34.0 Å². The van der Waals surface area contributed by atoms with Crippen LogP contribution in [0.5, 0.6) is 5.75 Å². The van der Waals surface area contributed by atoms with Gasteiger partial charge in [0.2, 0.25) is 0 Å². The van der Waals surface area contributed by atoms with Crippen LogP contribution >= 0.6 is 11.3 Å². The summed E-state index contributed by atoms with van der Waals surface area (Å²) >= 11 is 1.47. The molecule has 0 aliphatic carbocycles. The van der Waals surface area contributed by atoms with Crippen molar-refractivity contribution in [2.45, 2.75) is 18.8 Å². The Bertz CT molecular complexity index is 1100. The highest BCUT2D eigenvalue weighted by atomic mass is 32.1. The Morgan fingerprint density at radius 2 is 2.17 bits per heavy atom. The molecule has 3 heterocycles. The number of thiazole rings is 1. The molecule has 1 unspecified atom stereocenters. The number of anilines is 1. The fraction of sp³-hybridized carbons (Fsp3) is 0.227. The Balaban J connectivity index is 1.40. The number of hydrogen-bond donors (Lipinski definition) is 3. The first-order valence-corrected chi connectivity index (χ1v) is 10.6. The smallest absolute Gasteiger partial charge is 0.304 e. The van der Waals surface area contributed by atoms with Gasteiger partial charge < -0.3 is 20.1 Å². The first-order valence-electron chi connectivity index (χ1n) is 9.70. The third-order valence-corrected chi connectivity index (χ3v) is 5.64. The molecule has 0 saturated heterocycles. The normalized spacial score (nSPS) is 12.0. The maximum Gasteiger partial charge on any atom is 0.304 e. The highest BCUT2D eigenvalue weighted by molar-refractivity contribution is 7.09. The number of pyridine rings is 1. The average molecular weight is 423 g/mol. The SMILES string of the molecule is O=C(O)CC(c1nccs1)c1c[nH]c2cc(OCCCNc3ccccn3)ccc12. The number of H-pyrrole nitrogens is 1. The van der Waals surface area contributed by atoms with Crippen molar-refractivity contribution in [3.63, 3.8) is 0 Å². The molecule has 0 aliphatic heterocycles. The maximum atomic E-state index is 11.4. The van der Waals surface area contributed by atoms with Crippen LogP contribution in [-0.2, 0) is 4.79 Å². The van der Waals surface area contributed by atoms with Gasteiger partial charge in [0.25, 0.3) is 0 Å². The monoisotopic (exact) mass is 422 g/mol. The standard InChI is InChI=1S/C22H22N4O3S/c27-21(28)13-17(22-25-9-11-30-22)18-14-26-19-12-15(5-6-16(18)19)29-10-3-8-24-20-4-1-2-7-23-20/h1-2,4-7,9,11-12,14,17,26H,3,8,10,13H2,(H,23,24)(H,27,28). The van der Waals surface area contributed by atoms with Gasteiger partial charge in [-0.1, -0.05) is 6.07 Å². The molecular weight excluding hydrogens is 400 g/mol. The number of aromatic nitrogens is 3. The Morgan fingerprint density at radius 1 is 1.23 bits per heavy atom. The quantitative estimate of drug-likeness (QED) is 0.325. The van der Waals surface area contributed by atoms with Gasteiger partial charge in [-0.25, -0.2) is 9.97 Å². The third kappa shape index (κ3) is 4.77. The van der Waals surface area contributed by atoms with Crippen LogP contribution < -0.4 is 10.1 Å². The van der Waals surface area contributed by atoms with Gasteiger partial charge in [-0.05, 0) is 36.2 Å². The minimum absolute atomic E-state index is 0.00197. The number of carboxylic acid groups (broad SMARTS) is 1. The van der Waals surface area contributed by atoms with Crippen LogP contribution in [-0.4, -0.2) is 39.2 Å². The van der Waals surface area contributed by atoms with E-state index in [1.807, 2.05) is 48.0 Å². The van der Waals surface area contributed by atoms with Crippen molar-refractivity contribution in [1.29, 1.82) is 0 Å². The zero-order valence-electron chi connectivity index (χ0n) is 16.2. The summed E-state index contributed by atoms with van der Waals surface area (Å²) in [4.78, 5) is 23.2. The van der Waals surface area contributed by atoms with E-state index >= 15 is 0 Å². The molecule has 3 N–H and O–H groups in total. The first-order chi connectivity index (χ1) is 14.7. The first kappa shape index (κ1) is 19.9. The molecule has 0 radical (unpaired) electrons. The molecular formula is C22H22N4O3S. The van der Waals surface area contributed by atoms with E-state index in [1.165, 1.54) is 11.3 Å². The summed E-state index contributed by atoms with van der Waals surface area (Å²) in [6.07, 6.45) is 6.18. The van der Waals surface area contributed by atoms with Crippen LogP contribution in [0.1, 0.15) is 29.3 Å². The second-order valence-corrected chi connectivity index (χ2v) is 7.74. The summed E-state index contributed by atoms with van der Waals surface area (Å²) in [5, 5.41) is 16.3. The fourth-order valence-corrected chi connectivity index (χ4v) is 4.12. The average Bonchev–Trinajstić information content (AvgIpc) is 3.42. The lowest BCUT2D eigenvalue weighted by atomic mass is 9.96. The van der Waals surface area contributed by atoms with E-state index in [9.17, 15) is 9.90 Å². The molecule has 0 amide bonds. The second-order valence-electron chi connectivity index (χ2n) is 6.82. The number of carboxylic acids is 1. The molecule has 4 rings (SSSR count). The zero-order chi connectivity index (χ0) is 20.8. The van der Waals surface area contributed by atoms with E-state index in [4.69, 9.17) is 4.74 Å². The summed E-state index contributed by atoms with van der Waals surface area (Å²) in [5.74, 6) is 0.510. The van der Waals surface area contributed by atoms with E-state index < -0.39 is 5.97 Å². The fourth-order valence-electron chi connectivity index (χ4n) is 3.36. The van der Waals surface area contributed by atoms with E-state index in [1.54, 1.807) is 12.4 Å². The predicted octanol–water partition coefficient (Wildman–Crippen LogP) is 4.51. The highest BCUT2D eigenvalue weighted by Gasteiger charge is 2.23. The number of fused-ring (bicyclic) bond motifs is 1. The Morgan fingerprint density at radius 3 is 2.93 bits per heavy atom. The van der Waals surface area contributed by atoms with Gasteiger partial charge in [0.15, 0.2) is 0 Å². The van der Waals surface area contributed by atoms with Crippen molar-refractivity contribution in [1.82, 2.24) is 15.0 Å². The summed E-state index contributed by atoms with van der Waals surface area (Å²) < 4.78 is 5.87. The third-order valence-electron chi connectivity index (χ3n) is 4.75. The molecule has 0 aliphatic rings. The van der Waals surface area contributed by atoms with E-state index in [-0.39, 0.29) is 12.3 Å². The van der Waals surface area contributed by atoms with Crippen molar-refractivity contribution in [3.05, 3.63) is 70.9 Å². The molecule has 0 bridgehead atoms. The number of rotatable bonds is 10. The highest BCUT2D eigenvalue weighted by Crippen LogP contribution is 2.35. The molecule has 7 nitrogen and oxygen atoms in total. The number of carbonyl (C=O) groups is 1. The minimum atomic E-state index is -0.844. The molecule has 30 heavy (non-hydrogen) atoms. The molecule has 0 spiro atoms. The molecule has 4 aromatic rings. The molecule has 3 aromatic heterocycles. The van der Waals surface area contributed by atoms with Gasteiger partial charge in [0, 0.05) is 53.4 Å². The lowest BCUT2D eigenvalue weighted by Gasteiger charge is -2.12. The summed E-state index contributed by atoms with van der Waals surface area (Å²) in [6, 6.07) is 11.6. The number of ether oxygens (including phenoxy) is 1. The minimum Gasteiger partial charge on any atom is -0.493 e. The number of aromatic amines is 1. The van der Waals surface area contributed by atoms with Crippen LogP contribution in [0, 0.1) is 0 Å². The molecule has 1 aromatic carbocycles. The Labute approximate surface area is 177 Å². The maximum absolute atomic E-state index is 11.4. The van der Waals surface area contributed by atoms with Crippen LogP contribution in [0.3, 0.4) is 0 Å². The van der Waals surface area contributed by atoms with Crippen molar-refractivity contribution < 1.29 is 14.6 Å². The van der Waals surface area contributed by atoms with Crippen LogP contribution in [0.4, 0.5) is 5.82 Å². The second kappa shape index (κ2) is 9.41. The number of nitrogens with one attached hydrogen (secondary N) is 2. The number of nitrogens with zero attached hydrogens (tertiary/aromatic N) is 2. The van der Waals surface area contributed by atoms with Gasteiger partial charge in [-0.3, -0.25) is 4.79 Å². The Hall–Kier alpha value is -3.39. The van der Waals surface area contributed by atoms with Gasteiger partial charge in [-0.15, -0.1) is 11.3 Å². The summed E-state index contributed by atoms with van der Waals surface area (Å²) in [6.45, 7) is 1.36. The largest absolute Gasteiger partial charge is 0.493 e. The summed E-state index contributed by atoms with van der Waals surface area (Å²) in [7, 11) is 0. The topological polar surface area (TPSA) is 100 Å². The number of hydrogen-bond acceptors (Lipinski definition) is 6. The Kier molecular flexibility index (Phi) is 6.24. The molecule has 0 fully saturated rings. The van der Waals surface area contributed by atoms with Crippen LogP contribution in [0.2, 0.25) is 0 Å². The molecule has 0 saturated carbocycles. The molecule has 8 heteroatoms. The summed E-state index contributed by atoms with van der Waals surface area (Å²) in [5.41, 5.74) is 1.86. The molecule has 1 atom stereocenters. The predicted molar refractivity (Wildman–Crippen MR) is 117 cm³/mol. The number of aliphatic carboxylic acids is 1. The van der Waals surface area contributed by atoms with Crippen LogP contribution in [0.25, 0.3) is 10.9 Å². The van der Waals surface area contributed by atoms with E-state index in [2.05, 4.69) is 20.3 Å². The van der Waals surface area contributed by atoms with E-state index in [0.29, 0.717) is 6.61 Å². The van der Waals surface area contributed by atoms with Crippen molar-refractivity contribution in [3.8, 4) is 5.75 Å². The lowest BCUT2D eigenvalue weighted by molar-refractivity contribution is -0.137. The van der Waals surface area contributed by atoms with Gasteiger partial charge in [-0.2, -0.15) is 0 Å².